The van der Waals surface area contributed by atoms with Gasteiger partial charge < -0.3 is 4.74 Å². The first-order chi connectivity index (χ1) is 9.81. The summed E-state index contributed by atoms with van der Waals surface area (Å²) in [4.78, 5) is 6.42. The molecule has 0 unspecified atom stereocenters. The van der Waals surface area contributed by atoms with Crippen molar-refractivity contribution in [3.8, 4) is 5.19 Å². The minimum atomic E-state index is -0.117. The van der Waals surface area contributed by atoms with Crippen LogP contribution in [0.25, 0.3) is 0 Å². The van der Waals surface area contributed by atoms with Crippen LogP contribution in [0.3, 0.4) is 0 Å². The molecule has 0 saturated carbocycles. The molecule has 1 aromatic carbocycles. The molecule has 0 radical (unpaired) electrons. The van der Waals surface area contributed by atoms with Gasteiger partial charge in [0.15, 0.2) is 0 Å². The van der Waals surface area contributed by atoms with Crippen LogP contribution in [0.5, 0.6) is 5.19 Å². The van der Waals surface area contributed by atoms with E-state index < -0.39 is 0 Å². The monoisotopic (exact) mass is 292 g/mol. The topological polar surface area (TPSA) is 25.4 Å². The normalized spacial score (nSPS) is 17.2. The molecule has 1 fully saturated rings. The molecule has 0 bridgehead atoms. The van der Waals surface area contributed by atoms with E-state index in [-0.39, 0.29) is 11.9 Å². The third-order valence-corrected chi connectivity index (χ3v) is 4.22. The SMILES string of the molecule is Fc1ccccc1CN1CCC(Oc2nccs2)CC1. The Morgan fingerprint density at radius 3 is 2.80 bits per heavy atom. The number of hydrogen-bond donors (Lipinski definition) is 0. The number of halogens is 1. The molecule has 1 aromatic heterocycles. The highest BCUT2D eigenvalue weighted by Gasteiger charge is 2.21. The molecule has 106 valence electrons. The minimum absolute atomic E-state index is 0.117. The highest BCUT2D eigenvalue weighted by molar-refractivity contribution is 7.11. The number of aromatic nitrogens is 1. The van der Waals surface area contributed by atoms with Gasteiger partial charge in [-0.15, -0.1) is 0 Å². The van der Waals surface area contributed by atoms with Crippen molar-refractivity contribution in [1.82, 2.24) is 9.88 Å². The largest absolute Gasteiger partial charge is 0.467 e. The second-order valence-corrected chi connectivity index (χ2v) is 5.84. The second-order valence-electron chi connectivity index (χ2n) is 4.98. The van der Waals surface area contributed by atoms with E-state index in [4.69, 9.17) is 4.74 Å². The molecule has 3 rings (SSSR count). The fourth-order valence-corrected chi connectivity index (χ4v) is 3.02. The first kappa shape index (κ1) is 13.5. The predicted molar refractivity (Wildman–Crippen MR) is 77.4 cm³/mol. The Morgan fingerprint density at radius 1 is 1.30 bits per heavy atom. The summed E-state index contributed by atoms with van der Waals surface area (Å²) in [6.07, 6.45) is 3.92. The van der Waals surface area contributed by atoms with E-state index >= 15 is 0 Å². The molecule has 2 aromatic rings. The quantitative estimate of drug-likeness (QED) is 0.864. The highest BCUT2D eigenvalue weighted by atomic mass is 32.1. The van der Waals surface area contributed by atoms with Crippen LogP contribution in [0.4, 0.5) is 4.39 Å². The summed E-state index contributed by atoms with van der Waals surface area (Å²) in [5.41, 5.74) is 0.770. The number of ether oxygens (including phenoxy) is 1. The maximum absolute atomic E-state index is 13.6. The van der Waals surface area contributed by atoms with Crippen molar-refractivity contribution in [3.05, 3.63) is 47.2 Å². The third-order valence-electron chi connectivity index (χ3n) is 3.56. The number of hydrogen-bond acceptors (Lipinski definition) is 4. The summed E-state index contributed by atoms with van der Waals surface area (Å²) >= 11 is 1.53. The van der Waals surface area contributed by atoms with Crippen LogP contribution in [0.2, 0.25) is 0 Å². The number of likely N-dealkylation sites (tertiary alicyclic amines) is 1. The molecule has 1 saturated heterocycles. The van der Waals surface area contributed by atoms with Crippen molar-refractivity contribution in [1.29, 1.82) is 0 Å². The maximum Gasteiger partial charge on any atom is 0.273 e. The van der Waals surface area contributed by atoms with Gasteiger partial charge in [0.2, 0.25) is 0 Å². The van der Waals surface area contributed by atoms with Crippen LogP contribution in [-0.4, -0.2) is 29.1 Å². The fraction of sp³-hybridized carbons (Fsp3) is 0.400. The van der Waals surface area contributed by atoms with Gasteiger partial charge in [-0.3, -0.25) is 4.90 Å². The van der Waals surface area contributed by atoms with Gasteiger partial charge in [0.1, 0.15) is 11.9 Å². The van der Waals surface area contributed by atoms with Gasteiger partial charge in [0.25, 0.3) is 5.19 Å². The lowest BCUT2D eigenvalue weighted by atomic mass is 10.1. The van der Waals surface area contributed by atoms with Crippen LogP contribution in [0.1, 0.15) is 18.4 Å². The van der Waals surface area contributed by atoms with E-state index in [9.17, 15) is 4.39 Å². The molecule has 1 aliphatic rings. The Hall–Kier alpha value is -1.46. The van der Waals surface area contributed by atoms with Crippen LogP contribution in [0.15, 0.2) is 35.8 Å². The summed E-state index contributed by atoms with van der Waals surface area (Å²) < 4.78 is 19.4. The van der Waals surface area contributed by atoms with Gasteiger partial charge >= 0.3 is 0 Å². The van der Waals surface area contributed by atoms with E-state index in [1.54, 1.807) is 12.3 Å². The van der Waals surface area contributed by atoms with Crippen molar-refractivity contribution in [2.75, 3.05) is 13.1 Å². The van der Waals surface area contributed by atoms with Crippen molar-refractivity contribution in [3.63, 3.8) is 0 Å². The van der Waals surface area contributed by atoms with Crippen molar-refractivity contribution < 1.29 is 9.13 Å². The molecule has 1 aliphatic heterocycles. The zero-order valence-corrected chi connectivity index (χ0v) is 12.0. The number of thiazole rings is 1. The Kier molecular flexibility index (Phi) is 4.28. The number of nitrogens with zero attached hydrogens (tertiary/aromatic N) is 2. The summed E-state index contributed by atoms with van der Waals surface area (Å²) in [6, 6.07) is 6.99. The lowest BCUT2D eigenvalue weighted by molar-refractivity contribution is 0.0959. The highest BCUT2D eigenvalue weighted by Crippen LogP contribution is 2.22. The zero-order chi connectivity index (χ0) is 13.8. The van der Waals surface area contributed by atoms with E-state index in [1.807, 2.05) is 17.5 Å². The first-order valence-electron chi connectivity index (χ1n) is 6.83. The van der Waals surface area contributed by atoms with Crippen LogP contribution >= 0.6 is 11.3 Å². The molecule has 5 heteroatoms. The Labute approximate surface area is 122 Å². The maximum atomic E-state index is 13.6. The molecule has 20 heavy (non-hydrogen) atoms. The third kappa shape index (κ3) is 3.35. The zero-order valence-electron chi connectivity index (χ0n) is 11.2. The molecular weight excluding hydrogens is 275 g/mol. The number of rotatable bonds is 4. The van der Waals surface area contributed by atoms with E-state index in [0.29, 0.717) is 6.54 Å². The van der Waals surface area contributed by atoms with Gasteiger partial charge in [0, 0.05) is 36.8 Å². The van der Waals surface area contributed by atoms with Crippen molar-refractivity contribution in [2.24, 2.45) is 0 Å². The second kappa shape index (κ2) is 6.33. The Balaban J connectivity index is 1.50. The van der Waals surface area contributed by atoms with Gasteiger partial charge in [-0.1, -0.05) is 29.5 Å². The first-order valence-corrected chi connectivity index (χ1v) is 7.71. The van der Waals surface area contributed by atoms with Gasteiger partial charge in [0.05, 0.1) is 0 Å². The van der Waals surface area contributed by atoms with Crippen LogP contribution < -0.4 is 4.74 Å². The van der Waals surface area contributed by atoms with Crippen molar-refractivity contribution >= 4 is 11.3 Å². The average Bonchev–Trinajstić information content (AvgIpc) is 2.96. The predicted octanol–water partition coefficient (Wildman–Crippen LogP) is 3.33. The standard InChI is InChI=1S/C15H17FN2OS/c16-14-4-2-1-3-12(14)11-18-8-5-13(6-9-18)19-15-17-7-10-20-15/h1-4,7,10,13H,5-6,8-9,11H2. The Morgan fingerprint density at radius 2 is 2.10 bits per heavy atom. The smallest absolute Gasteiger partial charge is 0.273 e. The van der Waals surface area contributed by atoms with Gasteiger partial charge in [-0.2, -0.15) is 0 Å². The summed E-state index contributed by atoms with van der Waals surface area (Å²) in [5.74, 6) is -0.117. The summed E-state index contributed by atoms with van der Waals surface area (Å²) in [6.45, 7) is 2.55. The molecule has 2 heterocycles. The number of benzene rings is 1. The van der Waals surface area contributed by atoms with E-state index in [2.05, 4.69) is 9.88 Å². The van der Waals surface area contributed by atoms with E-state index in [0.717, 1.165) is 36.7 Å². The van der Waals surface area contributed by atoms with Crippen LogP contribution in [0, 0.1) is 5.82 Å². The van der Waals surface area contributed by atoms with Gasteiger partial charge in [-0.05, 0) is 18.9 Å². The van der Waals surface area contributed by atoms with Crippen molar-refractivity contribution in [2.45, 2.75) is 25.5 Å². The molecule has 0 spiro atoms. The molecule has 0 aliphatic carbocycles. The molecule has 0 atom stereocenters. The summed E-state index contributed by atoms with van der Waals surface area (Å²) in [7, 11) is 0. The fourth-order valence-electron chi connectivity index (χ4n) is 2.46. The average molecular weight is 292 g/mol. The Bertz CT molecular complexity index is 539. The molecule has 0 N–H and O–H groups in total. The van der Waals surface area contributed by atoms with Gasteiger partial charge in [-0.25, -0.2) is 9.37 Å². The number of piperidine rings is 1. The minimum Gasteiger partial charge on any atom is -0.467 e. The summed E-state index contributed by atoms with van der Waals surface area (Å²) in [5, 5.41) is 2.67. The lowest BCUT2D eigenvalue weighted by Crippen LogP contribution is -2.37. The molecular formula is C15H17FN2OS. The lowest BCUT2D eigenvalue weighted by Gasteiger charge is -2.31. The van der Waals surface area contributed by atoms with E-state index in [1.165, 1.54) is 17.4 Å². The molecule has 0 amide bonds. The van der Waals surface area contributed by atoms with Crippen LogP contribution in [-0.2, 0) is 6.54 Å². The molecule has 3 nitrogen and oxygen atoms in total.